The number of para-hydroxylation sites is 2. The third-order valence-electron chi connectivity index (χ3n) is 3.78. The number of nitro benzene ring substituents is 1. The van der Waals surface area contributed by atoms with Gasteiger partial charge in [-0.15, -0.1) is 0 Å². The van der Waals surface area contributed by atoms with Crippen molar-refractivity contribution in [3.05, 3.63) is 86.0 Å². The predicted molar refractivity (Wildman–Crippen MR) is 98.2 cm³/mol. The number of nitrogens with one attached hydrogen (secondary N) is 1. The van der Waals surface area contributed by atoms with Crippen LogP contribution in [-0.2, 0) is 0 Å². The van der Waals surface area contributed by atoms with Crippen LogP contribution in [-0.4, -0.2) is 25.6 Å². The van der Waals surface area contributed by atoms with Crippen molar-refractivity contribution in [1.82, 2.24) is 14.8 Å². The Morgan fingerprint density at radius 1 is 1.19 bits per heavy atom. The Bertz CT molecular complexity index is 1090. The lowest BCUT2D eigenvalue weighted by atomic mass is 10.2. The number of nitro groups is 1. The number of hydrogen-bond donors (Lipinski definition) is 1. The van der Waals surface area contributed by atoms with Crippen LogP contribution in [0.15, 0.2) is 53.5 Å². The smallest absolute Gasteiger partial charge is 0.294 e. The zero-order valence-electron chi connectivity index (χ0n) is 14.5. The first-order chi connectivity index (χ1) is 12.9. The van der Waals surface area contributed by atoms with Crippen molar-refractivity contribution in [2.24, 2.45) is 0 Å². The highest BCUT2D eigenvalue weighted by molar-refractivity contribution is 6.02. The van der Waals surface area contributed by atoms with E-state index in [0.29, 0.717) is 5.69 Å². The molecular formula is C18H15N5O4. The van der Waals surface area contributed by atoms with Crippen LogP contribution in [0.4, 0.5) is 11.5 Å². The number of carbonyl (C=O) groups excluding carboxylic acids is 1. The minimum absolute atomic E-state index is 0.155. The van der Waals surface area contributed by atoms with E-state index in [1.807, 2.05) is 6.92 Å². The van der Waals surface area contributed by atoms with Gasteiger partial charge < -0.3 is 5.32 Å². The van der Waals surface area contributed by atoms with E-state index < -0.39 is 16.3 Å². The highest BCUT2D eigenvalue weighted by Gasteiger charge is 2.20. The number of hydrogen-bond acceptors (Lipinski definition) is 6. The second kappa shape index (κ2) is 7.16. The average Bonchev–Trinajstić information content (AvgIpc) is 2.63. The number of rotatable bonds is 4. The molecule has 0 bridgehead atoms. The lowest BCUT2D eigenvalue weighted by Crippen LogP contribution is -2.27. The largest absolute Gasteiger partial charge is 0.305 e. The maximum absolute atomic E-state index is 12.5. The summed E-state index contributed by atoms with van der Waals surface area (Å²) < 4.78 is 1.21. The molecule has 0 atom stereocenters. The summed E-state index contributed by atoms with van der Waals surface area (Å²) in [5, 5.41) is 17.8. The second-order valence-electron chi connectivity index (χ2n) is 5.83. The molecule has 0 saturated heterocycles. The van der Waals surface area contributed by atoms with Crippen LogP contribution in [0.3, 0.4) is 0 Å². The quantitative estimate of drug-likeness (QED) is 0.560. The van der Waals surface area contributed by atoms with Gasteiger partial charge in [0.15, 0.2) is 5.69 Å². The number of aryl methyl sites for hydroxylation is 2. The molecule has 27 heavy (non-hydrogen) atoms. The molecular weight excluding hydrogens is 350 g/mol. The Hall–Kier alpha value is -3.88. The van der Waals surface area contributed by atoms with Gasteiger partial charge in [-0.2, -0.15) is 5.10 Å². The SMILES string of the molecule is Cc1ccc(NC(=O)c2nn(-c3ccccc3[N+](=O)[O-])c(C)cc2=O)nc1. The Labute approximate surface area is 153 Å². The molecule has 3 aromatic rings. The van der Waals surface area contributed by atoms with Crippen molar-refractivity contribution in [1.29, 1.82) is 0 Å². The van der Waals surface area contributed by atoms with Crippen LogP contribution in [0.25, 0.3) is 5.69 Å². The first-order valence-electron chi connectivity index (χ1n) is 7.95. The van der Waals surface area contributed by atoms with Gasteiger partial charge in [0.1, 0.15) is 11.5 Å². The van der Waals surface area contributed by atoms with E-state index >= 15 is 0 Å². The van der Waals surface area contributed by atoms with Crippen molar-refractivity contribution >= 4 is 17.4 Å². The maximum Gasteiger partial charge on any atom is 0.294 e. The number of nitrogens with zero attached hydrogens (tertiary/aromatic N) is 4. The third kappa shape index (κ3) is 3.71. The highest BCUT2D eigenvalue weighted by atomic mass is 16.6. The van der Waals surface area contributed by atoms with Crippen molar-refractivity contribution in [3.8, 4) is 5.69 Å². The van der Waals surface area contributed by atoms with E-state index in [2.05, 4.69) is 15.4 Å². The van der Waals surface area contributed by atoms with Gasteiger partial charge in [0.2, 0.25) is 5.43 Å². The molecule has 0 aliphatic heterocycles. The Morgan fingerprint density at radius 3 is 2.59 bits per heavy atom. The predicted octanol–water partition coefficient (Wildman–Crippen LogP) is 2.40. The summed E-state index contributed by atoms with van der Waals surface area (Å²) >= 11 is 0. The molecule has 1 aromatic carbocycles. The Morgan fingerprint density at radius 2 is 1.93 bits per heavy atom. The van der Waals surface area contributed by atoms with E-state index in [-0.39, 0.29) is 22.9 Å². The molecule has 2 aromatic heterocycles. The van der Waals surface area contributed by atoms with Crippen molar-refractivity contribution in [2.75, 3.05) is 5.32 Å². The fourth-order valence-corrected chi connectivity index (χ4v) is 2.46. The molecule has 0 saturated carbocycles. The third-order valence-corrected chi connectivity index (χ3v) is 3.78. The number of amides is 1. The molecule has 136 valence electrons. The molecule has 0 radical (unpaired) electrons. The summed E-state index contributed by atoms with van der Waals surface area (Å²) in [4.78, 5) is 39.5. The van der Waals surface area contributed by atoms with Crippen LogP contribution < -0.4 is 10.7 Å². The van der Waals surface area contributed by atoms with E-state index in [4.69, 9.17) is 0 Å². The van der Waals surface area contributed by atoms with Crippen molar-refractivity contribution < 1.29 is 9.72 Å². The second-order valence-corrected chi connectivity index (χ2v) is 5.83. The zero-order valence-corrected chi connectivity index (χ0v) is 14.5. The van der Waals surface area contributed by atoms with Crippen LogP contribution in [0.1, 0.15) is 21.7 Å². The number of benzene rings is 1. The van der Waals surface area contributed by atoms with Gasteiger partial charge in [-0.1, -0.05) is 18.2 Å². The van der Waals surface area contributed by atoms with Gasteiger partial charge in [-0.05, 0) is 31.5 Å². The lowest BCUT2D eigenvalue weighted by molar-refractivity contribution is -0.384. The topological polar surface area (TPSA) is 120 Å². The fourth-order valence-electron chi connectivity index (χ4n) is 2.46. The molecule has 0 aliphatic carbocycles. The summed E-state index contributed by atoms with van der Waals surface area (Å²) in [7, 11) is 0. The summed E-state index contributed by atoms with van der Waals surface area (Å²) in [6, 6.07) is 10.5. The molecule has 0 unspecified atom stereocenters. The first kappa shape index (κ1) is 17.9. The standard InChI is InChI=1S/C18H15N5O4/c1-11-7-8-16(19-10-11)20-18(25)17-15(24)9-12(2)22(21-17)13-5-3-4-6-14(13)23(26)27/h3-10H,1-2H3,(H,19,20,25). The van der Waals surface area contributed by atoms with Gasteiger partial charge in [-0.3, -0.25) is 19.7 Å². The normalized spacial score (nSPS) is 10.4. The fraction of sp³-hybridized carbons (Fsp3) is 0.111. The van der Waals surface area contributed by atoms with Crippen molar-refractivity contribution in [3.63, 3.8) is 0 Å². The Balaban J connectivity index is 2.05. The van der Waals surface area contributed by atoms with E-state index in [9.17, 15) is 19.7 Å². The van der Waals surface area contributed by atoms with E-state index in [1.54, 1.807) is 31.3 Å². The number of pyridine rings is 1. The van der Waals surface area contributed by atoms with Crippen LogP contribution in [0.2, 0.25) is 0 Å². The lowest BCUT2D eigenvalue weighted by Gasteiger charge is -2.11. The van der Waals surface area contributed by atoms with Crippen molar-refractivity contribution in [2.45, 2.75) is 13.8 Å². The number of anilines is 1. The van der Waals surface area contributed by atoms with E-state index in [1.165, 1.54) is 28.9 Å². The van der Waals surface area contributed by atoms with Gasteiger partial charge >= 0.3 is 0 Å². The van der Waals surface area contributed by atoms with E-state index in [0.717, 1.165) is 5.56 Å². The van der Waals surface area contributed by atoms with Crippen LogP contribution in [0.5, 0.6) is 0 Å². The van der Waals surface area contributed by atoms with Crippen LogP contribution in [0, 0.1) is 24.0 Å². The maximum atomic E-state index is 12.5. The molecule has 0 fully saturated rings. The number of aromatic nitrogens is 3. The Kier molecular flexibility index (Phi) is 4.75. The summed E-state index contributed by atoms with van der Waals surface area (Å²) in [5.41, 5.74) is 0.262. The zero-order chi connectivity index (χ0) is 19.6. The van der Waals surface area contributed by atoms with Gasteiger partial charge in [-0.25, -0.2) is 9.67 Å². The van der Waals surface area contributed by atoms with Gasteiger partial charge in [0, 0.05) is 24.0 Å². The summed E-state index contributed by atoms with van der Waals surface area (Å²) in [5.74, 6) is -0.478. The molecule has 2 heterocycles. The summed E-state index contributed by atoms with van der Waals surface area (Å²) in [6.45, 7) is 3.43. The number of carbonyl (C=O) groups is 1. The van der Waals surface area contributed by atoms with Gasteiger partial charge in [0.25, 0.3) is 11.6 Å². The highest BCUT2D eigenvalue weighted by Crippen LogP contribution is 2.22. The molecule has 0 aliphatic rings. The average molecular weight is 365 g/mol. The molecule has 3 rings (SSSR count). The van der Waals surface area contributed by atoms with Crippen LogP contribution >= 0.6 is 0 Å². The summed E-state index contributed by atoms with van der Waals surface area (Å²) in [6.07, 6.45) is 1.57. The molecule has 9 nitrogen and oxygen atoms in total. The molecule has 1 N–H and O–H groups in total. The molecule has 1 amide bonds. The molecule has 0 spiro atoms. The molecule has 9 heteroatoms. The monoisotopic (exact) mass is 365 g/mol. The minimum atomic E-state index is -0.747. The minimum Gasteiger partial charge on any atom is -0.305 e. The first-order valence-corrected chi connectivity index (χ1v) is 7.95. The van der Waals surface area contributed by atoms with Gasteiger partial charge in [0.05, 0.1) is 4.92 Å².